The Kier molecular flexibility index (Phi) is 8.07. The van der Waals surface area contributed by atoms with Gasteiger partial charge in [-0.25, -0.2) is 40.6 Å². The van der Waals surface area contributed by atoms with E-state index in [0.717, 1.165) is 38.1 Å². The van der Waals surface area contributed by atoms with E-state index in [2.05, 4.69) is 20.1 Å². The number of likely N-dealkylation sites (tertiary alicyclic amines) is 1. The minimum Gasteiger partial charge on any atom is -0.351 e. The van der Waals surface area contributed by atoms with Crippen LogP contribution in [0.2, 0.25) is 0 Å². The summed E-state index contributed by atoms with van der Waals surface area (Å²) in [7, 11) is -8.34. The van der Waals surface area contributed by atoms with Crippen LogP contribution in [0.1, 0.15) is 31.2 Å². The Labute approximate surface area is 305 Å². The average molecular weight is 794 g/mol. The smallest absolute Gasteiger partial charge is 0.351 e. The molecule has 2 N–H and O–H groups in total. The van der Waals surface area contributed by atoms with Gasteiger partial charge in [-0.2, -0.15) is 13.2 Å². The first-order chi connectivity index (χ1) is 25.2. The monoisotopic (exact) mass is 793 g/mol. The number of fused-ring (bicyclic) bond motifs is 3. The molecular formula is C34H32F5N7O4S3. The fraction of sp³-hybridized carbons (Fsp3) is 0.441. The lowest BCUT2D eigenvalue weighted by Gasteiger charge is -2.41. The molecule has 3 aliphatic heterocycles. The van der Waals surface area contributed by atoms with Crippen LogP contribution in [0.3, 0.4) is 0 Å². The highest BCUT2D eigenvalue weighted by atomic mass is 32.2. The topological polar surface area (TPSA) is 137 Å². The third-order valence-corrected chi connectivity index (χ3v) is 15.2. The van der Waals surface area contributed by atoms with Crippen molar-refractivity contribution in [2.24, 2.45) is 11.8 Å². The maximum atomic E-state index is 16.6. The number of alkyl halides is 3. The van der Waals surface area contributed by atoms with Gasteiger partial charge in [-0.1, -0.05) is 23.5 Å². The lowest BCUT2D eigenvalue weighted by Crippen LogP contribution is -2.54. The first-order valence-electron chi connectivity index (χ1n) is 17.2. The van der Waals surface area contributed by atoms with Crippen molar-refractivity contribution in [2.75, 3.05) is 39.5 Å². The summed E-state index contributed by atoms with van der Waals surface area (Å²) in [6.07, 6.45) is 0.598. The van der Waals surface area contributed by atoms with E-state index < -0.39 is 53.8 Å². The largest absolute Gasteiger partial charge is 0.417 e. The summed E-state index contributed by atoms with van der Waals surface area (Å²) in [5.74, 6) is -2.37. The molecule has 0 spiro atoms. The number of sulfonamides is 1. The first-order valence-corrected chi connectivity index (χ1v) is 21.3. The Hall–Kier alpha value is -3.94. The van der Waals surface area contributed by atoms with Gasteiger partial charge >= 0.3 is 6.18 Å². The molecule has 3 saturated heterocycles. The lowest BCUT2D eigenvalue weighted by atomic mass is 10.1. The van der Waals surface area contributed by atoms with Gasteiger partial charge in [-0.15, -0.1) is 0 Å². The van der Waals surface area contributed by atoms with Crippen LogP contribution >= 0.6 is 11.3 Å². The molecule has 280 valence electrons. The van der Waals surface area contributed by atoms with Crippen molar-refractivity contribution in [3.05, 3.63) is 65.9 Å². The number of aromatic nitrogens is 3. The van der Waals surface area contributed by atoms with Crippen LogP contribution in [0.5, 0.6) is 0 Å². The van der Waals surface area contributed by atoms with Crippen molar-refractivity contribution < 1.29 is 38.8 Å². The summed E-state index contributed by atoms with van der Waals surface area (Å²) in [5, 5.41) is 3.87. The van der Waals surface area contributed by atoms with Gasteiger partial charge in [0.25, 0.3) is 10.0 Å². The quantitative estimate of drug-likeness (QED) is 0.205. The second-order valence-corrected chi connectivity index (χ2v) is 19.1. The lowest BCUT2D eigenvalue weighted by molar-refractivity contribution is -0.140. The number of sulfone groups is 1. The number of hydrogen-bond acceptors (Lipinski definition) is 11. The van der Waals surface area contributed by atoms with E-state index in [1.54, 1.807) is 6.07 Å². The summed E-state index contributed by atoms with van der Waals surface area (Å²) in [4.78, 5) is 17.6. The molecular weight excluding hydrogens is 762 g/mol. The number of nitrogens with one attached hydrogen (secondary N) is 2. The van der Waals surface area contributed by atoms with E-state index in [-0.39, 0.29) is 58.7 Å². The molecule has 2 bridgehead atoms. The van der Waals surface area contributed by atoms with E-state index in [1.807, 2.05) is 4.72 Å². The zero-order chi connectivity index (χ0) is 37.0. The van der Waals surface area contributed by atoms with E-state index in [1.165, 1.54) is 42.5 Å². The fourth-order valence-electron chi connectivity index (χ4n) is 8.23. The molecule has 0 radical (unpaired) electrons. The summed E-state index contributed by atoms with van der Waals surface area (Å²) in [5.41, 5.74) is -2.05. The Balaban J connectivity index is 1.09. The molecule has 9 rings (SSSR count). The molecule has 19 heteroatoms. The highest BCUT2D eigenvalue weighted by Crippen LogP contribution is 2.49. The van der Waals surface area contributed by atoms with E-state index in [9.17, 15) is 34.4 Å². The van der Waals surface area contributed by atoms with Gasteiger partial charge in [0.2, 0.25) is 5.95 Å². The van der Waals surface area contributed by atoms with Gasteiger partial charge in [0.05, 0.1) is 39.0 Å². The first kappa shape index (κ1) is 34.8. The van der Waals surface area contributed by atoms with Crippen molar-refractivity contribution in [2.45, 2.75) is 60.9 Å². The van der Waals surface area contributed by atoms with Crippen molar-refractivity contribution in [1.82, 2.24) is 19.9 Å². The SMILES string of the molecule is O=S1(=O)C[C@@H]2C(Nc3nccc(-c4sc(N5C6CCC5CN(C5CC5)C6)nc4-c4cccc(NS(=O)(=O)c5c(F)cccc5C(F)(F)F)c4F)n3)[C@@H]2C1. The van der Waals surface area contributed by atoms with Gasteiger partial charge in [0.15, 0.2) is 20.8 Å². The van der Waals surface area contributed by atoms with Gasteiger partial charge in [-0.3, -0.25) is 9.62 Å². The molecule has 53 heavy (non-hydrogen) atoms. The molecule has 11 nitrogen and oxygen atoms in total. The van der Waals surface area contributed by atoms with Crippen LogP contribution in [-0.4, -0.2) is 85.5 Å². The van der Waals surface area contributed by atoms with Crippen LogP contribution in [-0.2, 0) is 26.0 Å². The highest BCUT2D eigenvalue weighted by Gasteiger charge is 2.59. The van der Waals surface area contributed by atoms with Crippen molar-refractivity contribution in [3.63, 3.8) is 0 Å². The van der Waals surface area contributed by atoms with Crippen LogP contribution < -0.4 is 14.9 Å². The third kappa shape index (κ3) is 6.32. The van der Waals surface area contributed by atoms with Crippen LogP contribution in [0.25, 0.3) is 21.8 Å². The molecule has 5 atom stereocenters. The summed E-state index contributed by atoms with van der Waals surface area (Å²) < 4.78 is 125. The number of thiazole rings is 1. The second kappa shape index (κ2) is 12.3. The van der Waals surface area contributed by atoms with E-state index >= 15 is 4.39 Å². The summed E-state index contributed by atoms with van der Waals surface area (Å²) in [6.45, 7) is 1.74. The Morgan fingerprint density at radius 1 is 0.887 bits per heavy atom. The minimum absolute atomic E-state index is 0.0280. The van der Waals surface area contributed by atoms with Crippen LogP contribution in [0, 0.1) is 23.5 Å². The standard InChI is InChI=1S/C34H32F5N7O4S3/c35-24-5-2-4-23(34(37,38)39)31(24)53(49,50)44-25-6-1-3-20(27(25)36)29-30(26-11-12-40-32(41-26)42-28-21-15-52(47,48)16-22(21)28)51-33(43-29)46-18-9-10-19(46)14-45(13-18)17-7-8-17/h1-6,11-12,17-19,21-22,28,44H,7-10,13-16H2,(H,40,41,42)/t18?,19?,21-,22+,28?. The van der Waals surface area contributed by atoms with Gasteiger partial charge in [0, 0.05) is 49.0 Å². The normalized spacial score (nSPS) is 26.4. The number of nitrogens with zero attached hydrogens (tertiary/aromatic N) is 5. The van der Waals surface area contributed by atoms with E-state index in [4.69, 9.17) is 9.97 Å². The van der Waals surface area contributed by atoms with Crippen LogP contribution in [0.4, 0.5) is 38.7 Å². The van der Waals surface area contributed by atoms with E-state index in [0.29, 0.717) is 33.9 Å². The number of halogens is 5. The Morgan fingerprint density at radius 3 is 2.25 bits per heavy atom. The molecule has 4 aromatic rings. The maximum absolute atomic E-state index is 16.6. The van der Waals surface area contributed by atoms with Crippen molar-refractivity contribution >= 4 is 48.0 Å². The molecule has 0 amide bonds. The van der Waals surface area contributed by atoms with Crippen molar-refractivity contribution in [3.8, 4) is 21.8 Å². The molecule has 5 heterocycles. The molecule has 2 aromatic carbocycles. The Bertz CT molecular complexity index is 2320. The van der Waals surface area contributed by atoms with Crippen LogP contribution in [0.15, 0.2) is 53.6 Å². The molecule has 3 unspecified atom stereocenters. The minimum atomic E-state index is -5.27. The summed E-state index contributed by atoms with van der Waals surface area (Å²) >= 11 is 1.30. The highest BCUT2D eigenvalue weighted by molar-refractivity contribution is 7.92. The molecule has 5 fully saturated rings. The predicted octanol–water partition coefficient (Wildman–Crippen LogP) is 5.64. The average Bonchev–Trinajstić information content (AvgIpc) is 3.92. The molecule has 2 aromatic heterocycles. The third-order valence-electron chi connectivity index (χ3n) is 10.9. The number of benzene rings is 2. The number of anilines is 3. The van der Waals surface area contributed by atoms with Gasteiger partial charge < -0.3 is 10.2 Å². The number of hydrogen-bond donors (Lipinski definition) is 2. The molecule has 2 aliphatic carbocycles. The maximum Gasteiger partial charge on any atom is 0.417 e. The fourth-order valence-corrected chi connectivity index (χ4v) is 13.0. The number of piperazine rings is 1. The van der Waals surface area contributed by atoms with Gasteiger partial charge in [-0.05, 0) is 67.9 Å². The zero-order valence-electron chi connectivity index (χ0n) is 27.7. The number of rotatable bonds is 9. The zero-order valence-corrected chi connectivity index (χ0v) is 30.2. The second-order valence-electron chi connectivity index (χ2n) is 14.4. The molecule has 5 aliphatic rings. The van der Waals surface area contributed by atoms with Gasteiger partial charge in [0.1, 0.15) is 10.7 Å². The summed E-state index contributed by atoms with van der Waals surface area (Å²) in [6, 6.07) is 8.00. The van der Waals surface area contributed by atoms with Crippen molar-refractivity contribution in [1.29, 1.82) is 0 Å². The Morgan fingerprint density at radius 2 is 1.57 bits per heavy atom. The molecule has 2 saturated carbocycles. The predicted molar refractivity (Wildman–Crippen MR) is 188 cm³/mol.